The van der Waals surface area contributed by atoms with Gasteiger partial charge >= 0.3 is 0 Å². The van der Waals surface area contributed by atoms with Crippen LogP contribution in [0.15, 0.2) is 41.0 Å². The molecular formula is C14H15F2NO3. The Morgan fingerprint density at radius 2 is 2.00 bits per heavy atom. The van der Waals surface area contributed by atoms with Gasteiger partial charge in [0, 0.05) is 18.3 Å². The molecule has 108 valence electrons. The van der Waals surface area contributed by atoms with Gasteiger partial charge in [0.05, 0.1) is 19.0 Å². The lowest BCUT2D eigenvalue weighted by atomic mass is 10.3. The van der Waals surface area contributed by atoms with Crippen LogP contribution in [-0.2, 0) is 11.3 Å². The quantitative estimate of drug-likeness (QED) is 0.820. The fraction of sp³-hybridized carbons (Fsp3) is 0.286. The lowest BCUT2D eigenvalue weighted by molar-refractivity contribution is 0.0282. The smallest absolute Gasteiger partial charge is 0.129 e. The number of hydrogen-bond acceptors (Lipinski definition) is 4. The second-order valence-electron chi connectivity index (χ2n) is 4.29. The molecule has 0 aliphatic rings. The molecule has 0 radical (unpaired) electrons. The Kier molecular flexibility index (Phi) is 5.09. The van der Waals surface area contributed by atoms with Crippen LogP contribution in [0.1, 0.15) is 5.76 Å². The van der Waals surface area contributed by atoms with Crippen molar-refractivity contribution < 1.29 is 23.0 Å². The first-order chi connectivity index (χ1) is 9.63. The zero-order valence-electron chi connectivity index (χ0n) is 10.7. The molecule has 0 aliphatic heterocycles. The number of aliphatic hydroxyl groups is 1. The van der Waals surface area contributed by atoms with Crippen LogP contribution in [0.2, 0.25) is 0 Å². The molecular weight excluding hydrogens is 268 g/mol. The molecule has 4 nitrogen and oxygen atoms in total. The van der Waals surface area contributed by atoms with Crippen LogP contribution in [-0.4, -0.2) is 24.4 Å². The number of rotatable bonds is 7. The van der Waals surface area contributed by atoms with Crippen LogP contribution in [0.5, 0.6) is 0 Å². The fourth-order valence-electron chi connectivity index (χ4n) is 1.64. The molecule has 1 heterocycles. The lowest BCUT2D eigenvalue weighted by Gasteiger charge is -2.13. The third-order valence-electron chi connectivity index (χ3n) is 2.54. The number of halogens is 2. The second kappa shape index (κ2) is 7.02. The number of furan rings is 1. The second-order valence-corrected chi connectivity index (χ2v) is 4.29. The molecule has 20 heavy (non-hydrogen) atoms. The largest absolute Gasteiger partial charge is 0.467 e. The molecule has 1 aromatic carbocycles. The van der Waals surface area contributed by atoms with Crippen LogP contribution in [0.25, 0.3) is 0 Å². The Morgan fingerprint density at radius 1 is 1.25 bits per heavy atom. The molecule has 0 saturated heterocycles. The molecule has 1 unspecified atom stereocenters. The van der Waals surface area contributed by atoms with Crippen molar-refractivity contribution in [3.8, 4) is 0 Å². The number of anilines is 1. The molecule has 2 rings (SSSR count). The average Bonchev–Trinajstić information content (AvgIpc) is 2.88. The standard InChI is InChI=1S/C14H15F2NO3/c15-10-4-11(16)6-12(5-10)17-7-13(18)8-19-9-14-2-1-3-20-14/h1-6,13,17-18H,7-9H2. The molecule has 1 aromatic heterocycles. The highest BCUT2D eigenvalue weighted by Crippen LogP contribution is 2.12. The van der Waals surface area contributed by atoms with Crippen LogP contribution in [0.4, 0.5) is 14.5 Å². The SMILES string of the molecule is OC(CNc1cc(F)cc(F)c1)COCc1ccco1. The Labute approximate surface area is 115 Å². The Bertz CT molecular complexity index is 511. The summed E-state index contributed by atoms with van der Waals surface area (Å²) in [6.07, 6.45) is 0.742. The van der Waals surface area contributed by atoms with Gasteiger partial charge in [-0.15, -0.1) is 0 Å². The molecule has 6 heteroatoms. The minimum absolute atomic E-state index is 0.0888. The molecule has 2 aromatic rings. The summed E-state index contributed by atoms with van der Waals surface area (Å²) in [5, 5.41) is 12.4. The highest BCUT2D eigenvalue weighted by molar-refractivity contribution is 5.43. The molecule has 0 fully saturated rings. The van der Waals surface area contributed by atoms with E-state index in [0.29, 0.717) is 5.76 Å². The van der Waals surface area contributed by atoms with E-state index >= 15 is 0 Å². The molecule has 0 spiro atoms. The van der Waals surface area contributed by atoms with Gasteiger partial charge in [-0.2, -0.15) is 0 Å². The summed E-state index contributed by atoms with van der Waals surface area (Å²) in [6.45, 7) is 0.477. The fourth-order valence-corrected chi connectivity index (χ4v) is 1.64. The van der Waals surface area contributed by atoms with Gasteiger partial charge in [-0.25, -0.2) is 8.78 Å². The Morgan fingerprint density at radius 3 is 2.65 bits per heavy atom. The molecule has 0 saturated carbocycles. The zero-order chi connectivity index (χ0) is 14.4. The van der Waals surface area contributed by atoms with E-state index in [1.165, 1.54) is 6.26 Å². The van der Waals surface area contributed by atoms with Crippen molar-refractivity contribution in [1.82, 2.24) is 0 Å². The van der Waals surface area contributed by atoms with Crippen LogP contribution in [0.3, 0.4) is 0 Å². The van der Waals surface area contributed by atoms with E-state index in [-0.39, 0.29) is 25.4 Å². The van der Waals surface area contributed by atoms with E-state index in [1.54, 1.807) is 12.1 Å². The van der Waals surface area contributed by atoms with Crippen molar-refractivity contribution in [1.29, 1.82) is 0 Å². The molecule has 0 bridgehead atoms. The monoisotopic (exact) mass is 283 g/mol. The third kappa shape index (κ3) is 4.64. The summed E-state index contributed by atoms with van der Waals surface area (Å²) < 4.78 is 36.2. The summed E-state index contributed by atoms with van der Waals surface area (Å²) in [6, 6.07) is 6.60. The van der Waals surface area contributed by atoms with E-state index in [4.69, 9.17) is 9.15 Å². The topological polar surface area (TPSA) is 54.6 Å². The van der Waals surface area contributed by atoms with Crippen molar-refractivity contribution in [2.75, 3.05) is 18.5 Å². The van der Waals surface area contributed by atoms with Crippen LogP contribution >= 0.6 is 0 Å². The number of nitrogens with one attached hydrogen (secondary N) is 1. The highest BCUT2D eigenvalue weighted by Gasteiger charge is 2.06. The van der Waals surface area contributed by atoms with E-state index in [1.807, 2.05) is 0 Å². The van der Waals surface area contributed by atoms with E-state index in [9.17, 15) is 13.9 Å². The number of aliphatic hydroxyl groups excluding tert-OH is 1. The maximum absolute atomic E-state index is 12.9. The first-order valence-corrected chi connectivity index (χ1v) is 6.11. The van der Waals surface area contributed by atoms with Gasteiger partial charge < -0.3 is 19.6 Å². The van der Waals surface area contributed by atoms with Gasteiger partial charge in [-0.3, -0.25) is 0 Å². The molecule has 0 amide bonds. The summed E-state index contributed by atoms with van der Waals surface area (Å²) >= 11 is 0. The number of ether oxygens (including phenoxy) is 1. The van der Waals surface area contributed by atoms with E-state index in [0.717, 1.165) is 18.2 Å². The van der Waals surface area contributed by atoms with Crippen molar-refractivity contribution in [3.63, 3.8) is 0 Å². The summed E-state index contributed by atoms with van der Waals surface area (Å²) in [4.78, 5) is 0. The number of hydrogen-bond donors (Lipinski definition) is 2. The van der Waals surface area contributed by atoms with Crippen LogP contribution in [0, 0.1) is 11.6 Å². The van der Waals surface area contributed by atoms with Gasteiger partial charge in [-0.05, 0) is 24.3 Å². The first kappa shape index (κ1) is 14.5. The van der Waals surface area contributed by atoms with E-state index in [2.05, 4.69) is 5.32 Å². The van der Waals surface area contributed by atoms with Crippen molar-refractivity contribution >= 4 is 5.69 Å². The maximum Gasteiger partial charge on any atom is 0.129 e. The van der Waals surface area contributed by atoms with Gasteiger partial charge in [0.15, 0.2) is 0 Å². The molecule has 1 atom stereocenters. The van der Waals surface area contributed by atoms with Gasteiger partial charge in [0.1, 0.15) is 24.0 Å². The minimum atomic E-state index is -0.795. The zero-order valence-corrected chi connectivity index (χ0v) is 10.7. The Balaban J connectivity index is 1.70. The van der Waals surface area contributed by atoms with Crippen molar-refractivity contribution in [3.05, 3.63) is 54.0 Å². The van der Waals surface area contributed by atoms with Crippen molar-refractivity contribution in [2.45, 2.75) is 12.7 Å². The van der Waals surface area contributed by atoms with E-state index < -0.39 is 17.7 Å². The average molecular weight is 283 g/mol. The predicted molar refractivity (Wildman–Crippen MR) is 69.2 cm³/mol. The third-order valence-corrected chi connectivity index (χ3v) is 2.54. The van der Waals surface area contributed by atoms with Gasteiger partial charge in [-0.1, -0.05) is 0 Å². The van der Waals surface area contributed by atoms with Crippen molar-refractivity contribution in [2.24, 2.45) is 0 Å². The summed E-state index contributed by atoms with van der Waals surface area (Å²) in [7, 11) is 0. The Hall–Kier alpha value is -1.92. The highest BCUT2D eigenvalue weighted by atomic mass is 19.1. The van der Waals surface area contributed by atoms with Gasteiger partial charge in [0.25, 0.3) is 0 Å². The predicted octanol–water partition coefficient (Wildman–Crippen LogP) is 2.55. The number of benzene rings is 1. The minimum Gasteiger partial charge on any atom is -0.467 e. The first-order valence-electron chi connectivity index (χ1n) is 6.11. The lowest BCUT2D eigenvalue weighted by Crippen LogP contribution is -2.24. The maximum atomic E-state index is 12.9. The normalized spacial score (nSPS) is 12.3. The molecule has 0 aliphatic carbocycles. The van der Waals surface area contributed by atoms with Gasteiger partial charge in [0.2, 0.25) is 0 Å². The summed E-state index contributed by atoms with van der Waals surface area (Å²) in [5.74, 6) is -0.676. The van der Waals surface area contributed by atoms with Crippen LogP contribution < -0.4 is 5.32 Å². The molecule has 2 N–H and O–H groups in total. The summed E-state index contributed by atoms with van der Waals surface area (Å²) in [5.41, 5.74) is 0.271.